The lowest BCUT2D eigenvalue weighted by Crippen LogP contribution is -2.06. The van der Waals surface area contributed by atoms with E-state index in [4.69, 9.17) is 24.4 Å². The van der Waals surface area contributed by atoms with E-state index in [1.807, 2.05) is 54.6 Å². The summed E-state index contributed by atoms with van der Waals surface area (Å²) in [6, 6.07) is 56.3. The summed E-state index contributed by atoms with van der Waals surface area (Å²) in [4.78, 5) is 20.5. The zero-order chi connectivity index (χ0) is 34.9. The highest BCUT2D eigenvalue weighted by Crippen LogP contribution is 2.42. The van der Waals surface area contributed by atoms with E-state index in [1.165, 1.54) is 0 Å². The lowest BCUT2D eigenvalue weighted by molar-refractivity contribution is 0.670. The summed E-state index contributed by atoms with van der Waals surface area (Å²) in [6.45, 7) is 0. The molecule has 0 atom stereocenters. The molecule has 0 unspecified atom stereocenters. The molecule has 0 aliphatic carbocycles. The molecule has 248 valence electrons. The van der Waals surface area contributed by atoms with Gasteiger partial charge in [-0.15, -0.1) is 11.3 Å². The van der Waals surface area contributed by atoms with E-state index in [9.17, 15) is 0 Å². The Kier molecular flexibility index (Phi) is 6.62. The van der Waals surface area contributed by atoms with Crippen LogP contribution in [0.5, 0.6) is 0 Å². The number of thiazole rings is 1. The van der Waals surface area contributed by atoms with Crippen molar-refractivity contribution in [2.75, 3.05) is 0 Å². The second kappa shape index (κ2) is 11.8. The lowest BCUT2D eigenvalue weighted by atomic mass is 10.0. The Labute approximate surface area is 307 Å². The van der Waals surface area contributed by atoms with E-state index in [0.29, 0.717) is 17.6 Å². The normalized spacial score (nSPS) is 11.8. The topological polar surface area (TPSA) is 69.6 Å². The van der Waals surface area contributed by atoms with Crippen LogP contribution in [0.25, 0.3) is 104 Å². The zero-order valence-corrected chi connectivity index (χ0v) is 29.0. The number of rotatable bonds is 5. The minimum atomic E-state index is 0.533. The highest BCUT2D eigenvalue weighted by atomic mass is 32.1. The van der Waals surface area contributed by atoms with Crippen LogP contribution in [0, 0.1) is 0 Å². The Balaban J connectivity index is 1.17. The monoisotopic (exact) mass is 697 g/mol. The highest BCUT2D eigenvalue weighted by Gasteiger charge is 2.22. The molecule has 11 rings (SSSR count). The molecule has 0 spiro atoms. The Hall–Kier alpha value is -6.96. The number of fused-ring (bicyclic) bond motifs is 7. The molecule has 6 nitrogen and oxygen atoms in total. The van der Waals surface area contributed by atoms with Crippen molar-refractivity contribution in [2.45, 2.75) is 0 Å². The van der Waals surface area contributed by atoms with Crippen molar-refractivity contribution in [2.24, 2.45) is 0 Å². The fourth-order valence-electron chi connectivity index (χ4n) is 7.45. The summed E-state index contributed by atoms with van der Waals surface area (Å²) < 4.78 is 10.2. The van der Waals surface area contributed by atoms with Gasteiger partial charge in [-0.25, -0.2) is 9.97 Å². The van der Waals surface area contributed by atoms with Crippen molar-refractivity contribution in [3.63, 3.8) is 0 Å². The SMILES string of the molecule is c1ccc(-c2ccc3c4ccccc4n(-c4nc(-c5ccccc5)nc(-c5cccc6c5oc5c(-c7nc8ccccc8s7)cccc56)n4)c3c2)cc1. The van der Waals surface area contributed by atoms with Gasteiger partial charge < -0.3 is 4.42 Å². The second-order valence-corrected chi connectivity index (χ2v) is 14.1. The Morgan fingerprint density at radius 3 is 1.89 bits per heavy atom. The average molecular weight is 698 g/mol. The lowest BCUT2D eigenvalue weighted by Gasteiger charge is -2.11. The van der Waals surface area contributed by atoms with Crippen LogP contribution in [0.3, 0.4) is 0 Å². The maximum atomic E-state index is 6.86. The number of hydrogen-bond donors (Lipinski definition) is 0. The first-order valence-electron chi connectivity index (χ1n) is 17.5. The van der Waals surface area contributed by atoms with Gasteiger partial charge in [0.15, 0.2) is 11.6 Å². The molecule has 0 saturated heterocycles. The molecule has 0 fully saturated rings. The molecule has 4 heterocycles. The summed E-state index contributed by atoms with van der Waals surface area (Å²) in [7, 11) is 0. The number of nitrogens with zero attached hydrogens (tertiary/aromatic N) is 5. The van der Waals surface area contributed by atoms with Crippen LogP contribution in [-0.2, 0) is 0 Å². The molecular weight excluding hydrogens is 671 g/mol. The molecule has 7 aromatic carbocycles. The maximum Gasteiger partial charge on any atom is 0.238 e. The summed E-state index contributed by atoms with van der Waals surface area (Å²) in [5, 5.41) is 5.20. The molecule has 0 bridgehead atoms. The van der Waals surface area contributed by atoms with Gasteiger partial charge in [-0.1, -0.05) is 127 Å². The molecule has 7 heteroatoms. The van der Waals surface area contributed by atoms with Crippen molar-refractivity contribution >= 4 is 65.3 Å². The van der Waals surface area contributed by atoms with Crippen LogP contribution in [0.1, 0.15) is 0 Å². The van der Waals surface area contributed by atoms with Gasteiger partial charge in [0.2, 0.25) is 5.95 Å². The minimum absolute atomic E-state index is 0.533. The molecular formula is C46H27N5OS. The Bertz CT molecular complexity index is 3150. The molecule has 4 aromatic heterocycles. The Morgan fingerprint density at radius 2 is 1.08 bits per heavy atom. The summed E-state index contributed by atoms with van der Waals surface area (Å²) in [5.74, 6) is 1.65. The molecule has 53 heavy (non-hydrogen) atoms. The molecule has 0 saturated carbocycles. The van der Waals surface area contributed by atoms with Gasteiger partial charge in [0.25, 0.3) is 0 Å². The van der Waals surface area contributed by atoms with Crippen molar-refractivity contribution in [1.29, 1.82) is 0 Å². The number of hydrogen-bond acceptors (Lipinski definition) is 6. The van der Waals surface area contributed by atoms with Gasteiger partial charge in [-0.3, -0.25) is 4.57 Å². The first kappa shape index (κ1) is 29.7. The van der Waals surface area contributed by atoms with Crippen LogP contribution >= 0.6 is 11.3 Å². The summed E-state index contributed by atoms with van der Waals surface area (Å²) in [6.07, 6.45) is 0. The van der Waals surface area contributed by atoms with Crippen LogP contribution in [0.4, 0.5) is 0 Å². The smallest absolute Gasteiger partial charge is 0.238 e. The second-order valence-electron chi connectivity index (χ2n) is 13.1. The minimum Gasteiger partial charge on any atom is -0.455 e. The predicted molar refractivity (Wildman–Crippen MR) is 216 cm³/mol. The Morgan fingerprint density at radius 1 is 0.434 bits per heavy atom. The van der Waals surface area contributed by atoms with Gasteiger partial charge in [-0.05, 0) is 47.5 Å². The van der Waals surface area contributed by atoms with Gasteiger partial charge in [0.05, 0.1) is 32.4 Å². The fraction of sp³-hybridized carbons (Fsp3) is 0. The first-order valence-corrected chi connectivity index (χ1v) is 18.3. The maximum absolute atomic E-state index is 6.86. The predicted octanol–water partition coefficient (Wildman–Crippen LogP) is 12.1. The third-order valence-electron chi connectivity index (χ3n) is 9.93. The van der Waals surface area contributed by atoms with Gasteiger partial charge in [-0.2, -0.15) is 9.97 Å². The molecule has 0 amide bonds. The van der Waals surface area contributed by atoms with E-state index in [1.54, 1.807) is 11.3 Å². The number of aromatic nitrogens is 5. The zero-order valence-electron chi connectivity index (χ0n) is 28.1. The van der Waals surface area contributed by atoms with Gasteiger partial charge in [0.1, 0.15) is 16.2 Å². The number of furan rings is 1. The van der Waals surface area contributed by atoms with Crippen LogP contribution in [0.2, 0.25) is 0 Å². The quantitative estimate of drug-likeness (QED) is 0.179. The average Bonchev–Trinajstić information content (AvgIpc) is 3.93. The van der Waals surface area contributed by atoms with Crippen molar-refractivity contribution in [1.82, 2.24) is 24.5 Å². The summed E-state index contributed by atoms with van der Waals surface area (Å²) in [5.41, 5.74) is 9.46. The molecule has 0 aliphatic heterocycles. The van der Waals surface area contributed by atoms with Crippen molar-refractivity contribution in [3.8, 4) is 50.4 Å². The number of benzene rings is 7. The van der Waals surface area contributed by atoms with E-state index >= 15 is 0 Å². The number of para-hydroxylation sites is 4. The van der Waals surface area contributed by atoms with Crippen LogP contribution in [-0.4, -0.2) is 24.5 Å². The van der Waals surface area contributed by atoms with E-state index in [-0.39, 0.29) is 0 Å². The van der Waals surface area contributed by atoms with Crippen molar-refractivity contribution in [3.05, 3.63) is 164 Å². The van der Waals surface area contributed by atoms with Crippen LogP contribution < -0.4 is 0 Å². The van der Waals surface area contributed by atoms with E-state index in [0.717, 1.165) is 86.8 Å². The van der Waals surface area contributed by atoms with E-state index in [2.05, 4.69) is 114 Å². The molecule has 0 aliphatic rings. The van der Waals surface area contributed by atoms with Gasteiger partial charge >= 0.3 is 0 Å². The van der Waals surface area contributed by atoms with E-state index < -0.39 is 0 Å². The largest absolute Gasteiger partial charge is 0.455 e. The summed E-state index contributed by atoms with van der Waals surface area (Å²) >= 11 is 1.67. The van der Waals surface area contributed by atoms with Crippen molar-refractivity contribution < 1.29 is 4.42 Å². The highest BCUT2D eigenvalue weighted by molar-refractivity contribution is 7.21. The molecule has 11 aromatic rings. The first-order chi connectivity index (χ1) is 26.3. The third kappa shape index (κ3) is 4.79. The standard InChI is InChI=1S/C46H27N5OS/c1-3-13-28(14-4-1)30-25-26-32-31-17-7-9-23-38(31)51(39(32)27-30)46-49-43(29-15-5-2-6-16-29)48-44(50-46)35-20-11-18-33-34-19-12-21-36(42(34)52-41(33)35)45-47-37-22-8-10-24-40(37)53-45/h1-27H. The van der Waals surface area contributed by atoms with Gasteiger partial charge in [0, 0.05) is 27.1 Å². The van der Waals surface area contributed by atoms with Crippen LogP contribution in [0.15, 0.2) is 168 Å². The molecule has 0 N–H and O–H groups in total. The molecule has 0 radical (unpaired) electrons. The third-order valence-corrected chi connectivity index (χ3v) is 11.0. The fourth-order valence-corrected chi connectivity index (χ4v) is 8.44.